The van der Waals surface area contributed by atoms with Crippen LogP contribution in [0.5, 0.6) is 0 Å². The minimum Gasteiger partial charge on any atom is -0.386 e. The van der Waals surface area contributed by atoms with Crippen LogP contribution < -0.4 is 21.8 Å². The summed E-state index contributed by atoms with van der Waals surface area (Å²) in [4.78, 5) is 23.5. The molecule has 0 radical (unpaired) electrons. The number of nitrogens with zero attached hydrogens (tertiary/aromatic N) is 4. The third kappa shape index (κ3) is 6.72. The summed E-state index contributed by atoms with van der Waals surface area (Å²) in [5.41, 5.74) is 11.4. The summed E-state index contributed by atoms with van der Waals surface area (Å²) in [6.07, 6.45) is 0.471. The summed E-state index contributed by atoms with van der Waals surface area (Å²) in [5, 5.41) is 19.7. The molecule has 194 valence electrons. The van der Waals surface area contributed by atoms with Crippen LogP contribution in [0.15, 0.2) is 75.1 Å². The van der Waals surface area contributed by atoms with Crippen LogP contribution in [0.2, 0.25) is 0 Å². The molecule has 0 unspecified atom stereocenters. The second-order valence-electron chi connectivity index (χ2n) is 9.18. The van der Waals surface area contributed by atoms with Gasteiger partial charge in [-0.1, -0.05) is 12.1 Å². The maximum Gasteiger partial charge on any atom is 0.323 e. The van der Waals surface area contributed by atoms with E-state index >= 15 is 0 Å². The van der Waals surface area contributed by atoms with Crippen LogP contribution in [0.1, 0.15) is 31.4 Å². The first-order valence-electron chi connectivity index (χ1n) is 11.9. The van der Waals surface area contributed by atoms with Crippen LogP contribution >= 0.6 is 0 Å². The predicted octanol–water partition coefficient (Wildman–Crippen LogP) is 2.77. The number of hydrogen-bond donors (Lipinski definition) is 5. The Morgan fingerprint density at radius 3 is 2.22 bits per heavy atom. The van der Waals surface area contributed by atoms with E-state index in [0.717, 1.165) is 16.8 Å². The molecule has 4 rings (SSSR count). The standard InChI is InChI=1S/C26H32N8O3/c1-26(2,36)18-6-10-20(11-7-18)30-25(35)29-19-8-4-17(5-9-19)23(28-3)31-24(21-16-22(27)33-32-21)34-12-14-37-15-13-34/h4-11,32,36H,3,12-16H2,1-2H3,(H2,27,33)(H2,29,30,35)/b24-21-,31-23?. The van der Waals surface area contributed by atoms with Gasteiger partial charge in [0.25, 0.3) is 0 Å². The van der Waals surface area contributed by atoms with Gasteiger partial charge in [0.05, 0.1) is 30.9 Å². The lowest BCUT2D eigenvalue weighted by atomic mass is 9.98. The quantitative estimate of drug-likeness (QED) is 0.302. The number of hydrogen-bond acceptors (Lipinski definition) is 8. The first kappa shape index (κ1) is 25.9. The number of nitrogens with one attached hydrogen (secondary N) is 3. The maximum atomic E-state index is 12.5. The SMILES string of the molecule is C=NC(=N/C(=C1\CC(N)=NN1)N1CCOCC1)c1ccc(NC(=O)Nc2ccc(C(C)(C)O)cc2)cc1. The molecule has 2 heterocycles. The lowest BCUT2D eigenvalue weighted by Crippen LogP contribution is -2.36. The Labute approximate surface area is 215 Å². The molecule has 2 aromatic rings. The van der Waals surface area contributed by atoms with Crippen molar-refractivity contribution in [2.75, 3.05) is 36.9 Å². The van der Waals surface area contributed by atoms with Crippen molar-refractivity contribution in [3.8, 4) is 0 Å². The molecule has 0 atom stereocenters. The molecule has 0 spiro atoms. The molecule has 11 nitrogen and oxygen atoms in total. The second-order valence-corrected chi connectivity index (χ2v) is 9.18. The van der Waals surface area contributed by atoms with Gasteiger partial charge in [-0.25, -0.2) is 14.8 Å². The zero-order valence-corrected chi connectivity index (χ0v) is 21.0. The number of morpholine rings is 1. The fourth-order valence-corrected chi connectivity index (χ4v) is 3.88. The highest BCUT2D eigenvalue weighted by molar-refractivity contribution is 6.03. The first-order valence-corrected chi connectivity index (χ1v) is 11.9. The molecular weight excluding hydrogens is 472 g/mol. The van der Waals surface area contributed by atoms with Crippen molar-refractivity contribution in [3.63, 3.8) is 0 Å². The number of carbonyl (C=O) groups excluding carboxylic acids is 1. The molecule has 1 saturated heterocycles. The topological polar surface area (TPSA) is 149 Å². The van der Waals surface area contributed by atoms with Gasteiger partial charge in [-0.15, -0.1) is 0 Å². The summed E-state index contributed by atoms with van der Waals surface area (Å²) >= 11 is 0. The molecule has 0 aliphatic carbocycles. The van der Waals surface area contributed by atoms with Crippen molar-refractivity contribution >= 4 is 35.8 Å². The van der Waals surface area contributed by atoms with Crippen molar-refractivity contribution in [2.45, 2.75) is 25.9 Å². The van der Waals surface area contributed by atoms with E-state index < -0.39 is 5.60 Å². The van der Waals surface area contributed by atoms with Crippen LogP contribution in [-0.2, 0) is 10.3 Å². The maximum absolute atomic E-state index is 12.5. The van der Waals surface area contributed by atoms with Crippen molar-refractivity contribution in [1.82, 2.24) is 10.3 Å². The van der Waals surface area contributed by atoms with Crippen molar-refractivity contribution < 1.29 is 14.6 Å². The highest BCUT2D eigenvalue weighted by atomic mass is 16.5. The Balaban J connectivity index is 1.46. The van der Waals surface area contributed by atoms with Gasteiger partial charge < -0.3 is 31.1 Å². The van der Waals surface area contributed by atoms with E-state index in [4.69, 9.17) is 15.5 Å². The number of anilines is 2. The molecule has 1 fully saturated rings. The molecule has 2 aliphatic rings. The fourth-order valence-electron chi connectivity index (χ4n) is 3.88. The van der Waals surface area contributed by atoms with Gasteiger partial charge in [-0.2, -0.15) is 5.10 Å². The number of ether oxygens (including phenoxy) is 1. The van der Waals surface area contributed by atoms with E-state index in [9.17, 15) is 9.90 Å². The van der Waals surface area contributed by atoms with Crippen molar-refractivity contribution in [3.05, 3.63) is 71.2 Å². The third-order valence-corrected chi connectivity index (χ3v) is 5.88. The van der Waals surface area contributed by atoms with Crippen molar-refractivity contribution in [2.24, 2.45) is 20.8 Å². The normalized spacial score (nSPS) is 17.5. The minimum atomic E-state index is -0.945. The number of aliphatic imine (C=N–C) groups is 2. The number of amidine groups is 2. The van der Waals surface area contributed by atoms with Gasteiger partial charge in [0.1, 0.15) is 5.84 Å². The number of aliphatic hydroxyl groups is 1. The van der Waals surface area contributed by atoms with E-state index in [1.165, 1.54) is 0 Å². The van der Waals surface area contributed by atoms with Crippen LogP contribution in [0.4, 0.5) is 16.2 Å². The van der Waals surface area contributed by atoms with Gasteiger partial charge in [-0.05, 0) is 62.5 Å². The highest BCUT2D eigenvalue weighted by Crippen LogP contribution is 2.22. The Morgan fingerprint density at radius 2 is 1.70 bits per heavy atom. The van der Waals surface area contributed by atoms with Crippen LogP contribution in [0.3, 0.4) is 0 Å². The van der Waals surface area contributed by atoms with Gasteiger partial charge in [0.2, 0.25) is 0 Å². The largest absolute Gasteiger partial charge is 0.386 e. The Kier molecular flexibility index (Phi) is 7.85. The summed E-state index contributed by atoms with van der Waals surface area (Å²) in [7, 11) is 0. The van der Waals surface area contributed by atoms with E-state index in [1.54, 1.807) is 50.2 Å². The van der Waals surface area contributed by atoms with Gasteiger partial charge in [0, 0.05) is 30.0 Å². The number of carbonyl (C=O) groups is 1. The van der Waals surface area contributed by atoms with Gasteiger partial charge in [-0.3, -0.25) is 5.43 Å². The van der Waals surface area contributed by atoms with Gasteiger partial charge >= 0.3 is 6.03 Å². The molecule has 2 aromatic carbocycles. The van der Waals surface area contributed by atoms with Crippen LogP contribution in [-0.4, -0.2) is 60.7 Å². The molecular formula is C26H32N8O3. The monoisotopic (exact) mass is 504 g/mol. The number of rotatable bonds is 6. The average molecular weight is 505 g/mol. The number of benzene rings is 2. The number of nitrogens with two attached hydrogens (primary N) is 1. The van der Waals surface area contributed by atoms with E-state index in [2.05, 4.69) is 37.8 Å². The Bertz CT molecular complexity index is 1220. The van der Waals surface area contributed by atoms with Crippen LogP contribution in [0, 0.1) is 0 Å². The fraction of sp³-hybridized carbons (Fsp3) is 0.308. The molecule has 11 heteroatoms. The molecule has 0 saturated carbocycles. The third-order valence-electron chi connectivity index (χ3n) is 5.88. The molecule has 0 aromatic heterocycles. The summed E-state index contributed by atoms with van der Waals surface area (Å²) in [5.74, 6) is 1.63. The smallest absolute Gasteiger partial charge is 0.323 e. The number of hydrazone groups is 1. The van der Waals surface area contributed by atoms with E-state index in [1.807, 2.05) is 12.1 Å². The average Bonchev–Trinajstić information content (AvgIpc) is 3.31. The molecule has 37 heavy (non-hydrogen) atoms. The summed E-state index contributed by atoms with van der Waals surface area (Å²) < 4.78 is 5.48. The summed E-state index contributed by atoms with van der Waals surface area (Å²) in [6.45, 7) is 9.70. The molecule has 6 N–H and O–H groups in total. The summed E-state index contributed by atoms with van der Waals surface area (Å²) in [6, 6.07) is 13.8. The first-order chi connectivity index (χ1) is 17.7. The zero-order valence-electron chi connectivity index (χ0n) is 21.0. The number of amides is 2. The molecule has 2 amide bonds. The highest BCUT2D eigenvalue weighted by Gasteiger charge is 2.22. The lowest BCUT2D eigenvalue weighted by Gasteiger charge is -2.30. The predicted molar refractivity (Wildman–Crippen MR) is 146 cm³/mol. The Morgan fingerprint density at radius 1 is 1.11 bits per heavy atom. The zero-order chi connectivity index (χ0) is 26.4. The molecule has 2 aliphatic heterocycles. The lowest BCUT2D eigenvalue weighted by molar-refractivity contribution is 0.0524. The van der Waals surface area contributed by atoms with E-state index in [0.29, 0.717) is 61.6 Å². The molecule has 0 bridgehead atoms. The van der Waals surface area contributed by atoms with E-state index in [-0.39, 0.29) is 6.03 Å². The second kappa shape index (κ2) is 11.2. The minimum absolute atomic E-state index is 0.385. The van der Waals surface area contributed by atoms with Crippen LogP contribution in [0.25, 0.3) is 0 Å². The Hall–Kier alpha value is -4.22. The number of urea groups is 1. The van der Waals surface area contributed by atoms with Crippen molar-refractivity contribution in [1.29, 1.82) is 0 Å². The van der Waals surface area contributed by atoms with Gasteiger partial charge in [0.15, 0.2) is 11.7 Å².